The lowest BCUT2D eigenvalue weighted by atomic mass is 9.99. The highest BCUT2D eigenvalue weighted by Gasteiger charge is 2.39. The Bertz CT molecular complexity index is 933. The molecule has 0 radical (unpaired) electrons. The van der Waals surface area contributed by atoms with Crippen molar-refractivity contribution in [2.45, 2.75) is 38.7 Å². The Morgan fingerprint density at radius 1 is 1.18 bits per heavy atom. The molecule has 154 valence electrons. The van der Waals surface area contributed by atoms with Crippen LogP contribution in [0.15, 0.2) is 23.0 Å². The van der Waals surface area contributed by atoms with Crippen molar-refractivity contribution in [1.29, 1.82) is 0 Å². The van der Waals surface area contributed by atoms with E-state index in [1.807, 2.05) is 13.8 Å². The van der Waals surface area contributed by atoms with Gasteiger partial charge in [0.15, 0.2) is 0 Å². The Labute approximate surface area is 156 Å². The molecular weight excluding hydrogens is 390 g/mol. The third-order valence-electron chi connectivity index (χ3n) is 4.50. The number of alkyl halides is 6. The lowest BCUT2D eigenvalue weighted by molar-refractivity contribution is -0.136. The largest absolute Gasteiger partial charge is 0.489 e. The highest BCUT2D eigenvalue weighted by molar-refractivity contribution is 5.89. The quantitative estimate of drug-likeness (QED) is 0.748. The standard InChI is InChI=1S/C18H18F6N2O2/c1-9(2)3-10-7-28-15-6-13-11(4-14(15)26(10)8-17(19,20)21)12(18(22,23)24)5-16(27)25-13/h4-6,9-10H,3,7-8H2,1-2H3,(H,25,27)/t10-/m1/s1. The Balaban J connectivity index is 2.21. The molecule has 0 amide bonds. The molecule has 0 unspecified atom stereocenters. The fourth-order valence-electron chi connectivity index (χ4n) is 3.47. The predicted molar refractivity (Wildman–Crippen MR) is 91.7 cm³/mol. The van der Waals surface area contributed by atoms with Crippen LogP contribution in [0.2, 0.25) is 0 Å². The van der Waals surface area contributed by atoms with Crippen molar-refractivity contribution in [3.8, 4) is 5.75 Å². The van der Waals surface area contributed by atoms with E-state index in [-0.39, 0.29) is 34.9 Å². The van der Waals surface area contributed by atoms with E-state index in [4.69, 9.17) is 4.74 Å². The van der Waals surface area contributed by atoms with Crippen molar-refractivity contribution >= 4 is 16.6 Å². The van der Waals surface area contributed by atoms with Crippen molar-refractivity contribution < 1.29 is 31.1 Å². The maximum atomic E-state index is 13.4. The summed E-state index contributed by atoms with van der Waals surface area (Å²) in [5.41, 5.74) is -2.38. The van der Waals surface area contributed by atoms with E-state index in [0.29, 0.717) is 12.5 Å². The average molecular weight is 408 g/mol. The van der Waals surface area contributed by atoms with Gasteiger partial charge in [0.2, 0.25) is 5.56 Å². The number of nitrogens with zero attached hydrogens (tertiary/aromatic N) is 1. The molecule has 10 heteroatoms. The first-order valence-electron chi connectivity index (χ1n) is 8.59. The van der Waals surface area contributed by atoms with Gasteiger partial charge in [-0.3, -0.25) is 4.79 Å². The van der Waals surface area contributed by atoms with Gasteiger partial charge in [-0.15, -0.1) is 0 Å². The van der Waals surface area contributed by atoms with Crippen molar-refractivity contribution in [3.05, 3.63) is 34.1 Å². The van der Waals surface area contributed by atoms with Crippen LogP contribution in [-0.4, -0.2) is 30.4 Å². The van der Waals surface area contributed by atoms with Gasteiger partial charge in [0.1, 0.15) is 18.9 Å². The number of rotatable bonds is 3. The van der Waals surface area contributed by atoms with E-state index >= 15 is 0 Å². The summed E-state index contributed by atoms with van der Waals surface area (Å²) in [7, 11) is 0. The maximum absolute atomic E-state index is 13.4. The van der Waals surface area contributed by atoms with E-state index in [1.165, 1.54) is 0 Å². The van der Waals surface area contributed by atoms with Crippen LogP contribution in [-0.2, 0) is 6.18 Å². The van der Waals surface area contributed by atoms with Crippen LogP contribution in [0.4, 0.5) is 32.0 Å². The molecule has 4 nitrogen and oxygen atoms in total. The number of aromatic nitrogens is 1. The molecule has 1 aromatic heterocycles. The number of hydrogen-bond donors (Lipinski definition) is 1. The summed E-state index contributed by atoms with van der Waals surface area (Å²) >= 11 is 0. The van der Waals surface area contributed by atoms with Gasteiger partial charge in [0.25, 0.3) is 0 Å². The van der Waals surface area contributed by atoms with Gasteiger partial charge in [0, 0.05) is 17.5 Å². The molecule has 0 bridgehead atoms. The fourth-order valence-corrected chi connectivity index (χ4v) is 3.47. The molecule has 0 saturated heterocycles. The second-order valence-corrected chi connectivity index (χ2v) is 7.25. The molecule has 2 heterocycles. The van der Waals surface area contributed by atoms with Crippen LogP contribution in [0.25, 0.3) is 10.9 Å². The van der Waals surface area contributed by atoms with Gasteiger partial charge < -0.3 is 14.6 Å². The molecule has 0 saturated carbocycles. The van der Waals surface area contributed by atoms with Crippen LogP contribution >= 0.6 is 0 Å². The number of pyridine rings is 1. The number of anilines is 1. The van der Waals surface area contributed by atoms with E-state index in [9.17, 15) is 31.1 Å². The van der Waals surface area contributed by atoms with E-state index < -0.39 is 36.1 Å². The highest BCUT2D eigenvalue weighted by Crippen LogP contribution is 2.42. The van der Waals surface area contributed by atoms with Gasteiger partial charge in [-0.1, -0.05) is 13.8 Å². The SMILES string of the molecule is CC(C)C[C@@H]1COc2cc3[nH]c(=O)cc(C(F)(F)F)c3cc2N1CC(F)(F)F. The van der Waals surface area contributed by atoms with Crippen molar-refractivity contribution in [2.75, 3.05) is 18.1 Å². The topological polar surface area (TPSA) is 45.3 Å². The third kappa shape index (κ3) is 4.20. The Morgan fingerprint density at radius 2 is 1.86 bits per heavy atom. The molecule has 0 fully saturated rings. The van der Waals surface area contributed by atoms with Gasteiger partial charge >= 0.3 is 12.4 Å². The summed E-state index contributed by atoms with van der Waals surface area (Å²) in [5.74, 6) is 0.0696. The number of benzene rings is 1. The van der Waals surface area contributed by atoms with Crippen LogP contribution < -0.4 is 15.2 Å². The first-order chi connectivity index (χ1) is 12.8. The number of halogens is 6. The van der Waals surface area contributed by atoms with Crippen molar-refractivity contribution in [1.82, 2.24) is 4.98 Å². The molecule has 0 spiro atoms. The lowest BCUT2D eigenvalue weighted by Gasteiger charge is -2.40. The second-order valence-electron chi connectivity index (χ2n) is 7.25. The first kappa shape index (κ1) is 20.3. The number of fused-ring (bicyclic) bond motifs is 2. The predicted octanol–water partition coefficient (Wildman–Crippen LogP) is 4.72. The average Bonchev–Trinajstić information content (AvgIpc) is 2.52. The summed E-state index contributed by atoms with van der Waals surface area (Å²) in [6.45, 7) is 2.34. The number of nitrogens with one attached hydrogen (secondary N) is 1. The Kier molecular flexibility index (Phi) is 5.01. The Hall–Kier alpha value is -2.39. The van der Waals surface area contributed by atoms with Gasteiger partial charge in [-0.25, -0.2) is 0 Å². The monoisotopic (exact) mass is 408 g/mol. The smallest absolute Gasteiger partial charge is 0.417 e. The van der Waals surface area contributed by atoms with Crippen LogP contribution in [0, 0.1) is 5.92 Å². The van der Waals surface area contributed by atoms with Crippen LogP contribution in [0.3, 0.4) is 0 Å². The summed E-state index contributed by atoms with van der Waals surface area (Å²) < 4.78 is 85.2. The van der Waals surface area contributed by atoms with Crippen molar-refractivity contribution in [3.63, 3.8) is 0 Å². The number of hydrogen-bond acceptors (Lipinski definition) is 3. The van der Waals surface area contributed by atoms with E-state index in [1.54, 1.807) is 0 Å². The minimum Gasteiger partial charge on any atom is -0.489 e. The molecule has 28 heavy (non-hydrogen) atoms. The molecule has 1 atom stereocenters. The van der Waals surface area contributed by atoms with E-state index in [0.717, 1.165) is 17.0 Å². The summed E-state index contributed by atoms with van der Waals surface area (Å²) in [6, 6.07) is 1.93. The van der Waals surface area contributed by atoms with E-state index in [2.05, 4.69) is 4.98 Å². The highest BCUT2D eigenvalue weighted by atomic mass is 19.4. The first-order valence-corrected chi connectivity index (χ1v) is 8.59. The fraction of sp³-hybridized carbons (Fsp3) is 0.500. The molecule has 1 aliphatic rings. The minimum atomic E-state index is -4.83. The van der Waals surface area contributed by atoms with Crippen LogP contribution in [0.5, 0.6) is 5.75 Å². The normalized spacial score (nSPS) is 17.8. The summed E-state index contributed by atoms with van der Waals surface area (Å²) in [4.78, 5) is 14.9. The molecule has 3 rings (SSSR count). The second kappa shape index (κ2) is 6.89. The zero-order valence-electron chi connectivity index (χ0n) is 15.0. The van der Waals surface area contributed by atoms with Gasteiger partial charge in [0.05, 0.1) is 22.8 Å². The van der Waals surface area contributed by atoms with Gasteiger partial charge in [-0.2, -0.15) is 26.3 Å². The molecule has 1 N–H and O–H groups in total. The number of H-pyrrole nitrogens is 1. The lowest BCUT2D eigenvalue weighted by Crippen LogP contribution is -2.48. The molecule has 0 aliphatic carbocycles. The Morgan fingerprint density at radius 3 is 2.43 bits per heavy atom. The molecule has 2 aromatic rings. The van der Waals surface area contributed by atoms with Crippen molar-refractivity contribution in [2.24, 2.45) is 5.92 Å². The molecule has 1 aromatic carbocycles. The summed E-state index contributed by atoms with van der Waals surface area (Å²) in [6.07, 6.45) is -9.00. The van der Waals surface area contributed by atoms with Gasteiger partial charge in [-0.05, 0) is 18.4 Å². The number of aromatic amines is 1. The number of ether oxygens (including phenoxy) is 1. The zero-order valence-corrected chi connectivity index (χ0v) is 15.0. The molecule has 1 aliphatic heterocycles. The maximum Gasteiger partial charge on any atom is 0.417 e. The minimum absolute atomic E-state index is 0.00623. The zero-order chi connectivity index (χ0) is 20.9. The molecular formula is C18H18F6N2O2. The summed E-state index contributed by atoms with van der Waals surface area (Å²) in [5, 5.41) is -0.383. The third-order valence-corrected chi connectivity index (χ3v) is 4.50. The van der Waals surface area contributed by atoms with Crippen LogP contribution in [0.1, 0.15) is 25.8 Å².